The summed E-state index contributed by atoms with van der Waals surface area (Å²) >= 11 is 6.33. The van der Waals surface area contributed by atoms with Crippen molar-refractivity contribution in [2.45, 2.75) is 0 Å². The zero-order valence-electron chi connectivity index (χ0n) is 20.7. The first kappa shape index (κ1) is 26.5. The number of carbonyl (C=O) groups excluding carboxylic acids is 2. The quantitative estimate of drug-likeness (QED) is 0.208. The third-order valence-corrected chi connectivity index (χ3v) is 5.76. The fraction of sp³-hybridized carbons (Fsp3) is 0.154. The van der Waals surface area contributed by atoms with Crippen molar-refractivity contribution in [1.29, 1.82) is 0 Å². The van der Waals surface area contributed by atoms with Crippen molar-refractivity contribution in [3.63, 3.8) is 0 Å². The molecule has 0 saturated carbocycles. The molecule has 4 aromatic rings. The molecule has 2 amide bonds. The van der Waals surface area contributed by atoms with Crippen LogP contribution in [0.15, 0.2) is 67.0 Å². The number of carbonyl (C=O) groups is 2. The lowest BCUT2D eigenvalue weighted by Gasteiger charge is -2.15. The van der Waals surface area contributed by atoms with Crippen LogP contribution in [0.2, 0.25) is 5.02 Å². The number of aliphatic hydroxyl groups excluding tert-OH is 1. The molecule has 0 aliphatic heterocycles. The standard InChI is InChI=1S/C26H26ClN7O4/c1-28-24(36)17-6-3-4-7-19(17)31-23-18(27)15-30-26(33-23)32-20-10-9-16(14-22(20)38-2)34-12-5-8-21(34)25(37)29-11-13-35/h3-10,12,14-15,35H,11,13H2,1-2H3,(H,28,36)(H,29,37)(H2,30,31,32,33). The van der Waals surface area contributed by atoms with E-state index >= 15 is 0 Å². The molecule has 0 radical (unpaired) electrons. The summed E-state index contributed by atoms with van der Waals surface area (Å²) in [4.78, 5) is 33.4. The number of aromatic nitrogens is 3. The molecule has 4 rings (SSSR count). The largest absolute Gasteiger partial charge is 0.494 e. The Labute approximate surface area is 223 Å². The van der Waals surface area contributed by atoms with Crippen LogP contribution in [0.3, 0.4) is 0 Å². The average Bonchev–Trinajstić information content (AvgIpc) is 3.44. The minimum absolute atomic E-state index is 0.148. The second-order valence-corrected chi connectivity index (χ2v) is 8.30. The van der Waals surface area contributed by atoms with Crippen LogP contribution in [0.1, 0.15) is 20.8 Å². The highest BCUT2D eigenvalue weighted by atomic mass is 35.5. The molecule has 11 nitrogen and oxygen atoms in total. The molecule has 2 aromatic heterocycles. The van der Waals surface area contributed by atoms with Gasteiger partial charge < -0.3 is 35.7 Å². The van der Waals surface area contributed by atoms with Crippen molar-refractivity contribution >= 4 is 46.6 Å². The number of halogens is 1. The molecule has 2 aromatic carbocycles. The maximum Gasteiger partial charge on any atom is 0.268 e. The number of aliphatic hydroxyl groups is 1. The molecule has 5 N–H and O–H groups in total. The molecular weight excluding hydrogens is 510 g/mol. The van der Waals surface area contributed by atoms with Crippen molar-refractivity contribution in [1.82, 2.24) is 25.2 Å². The van der Waals surface area contributed by atoms with Gasteiger partial charge >= 0.3 is 0 Å². The third-order valence-electron chi connectivity index (χ3n) is 5.48. The smallest absolute Gasteiger partial charge is 0.268 e. The summed E-state index contributed by atoms with van der Waals surface area (Å²) in [6, 6.07) is 15.8. The second-order valence-electron chi connectivity index (χ2n) is 7.89. The Morgan fingerprint density at radius 3 is 2.63 bits per heavy atom. The summed E-state index contributed by atoms with van der Waals surface area (Å²) in [5, 5.41) is 20.7. The van der Waals surface area contributed by atoms with Crippen LogP contribution in [-0.4, -0.2) is 58.8 Å². The molecule has 2 heterocycles. The summed E-state index contributed by atoms with van der Waals surface area (Å²) in [7, 11) is 3.08. The third kappa shape index (κ3) is 5.85. The number of para-hydroxylation sites is 1. The van der Waals surface area contributed by atoms with Crippen LogP contribution < -0.4 is 26.0 Å². The highest BCUT2D eigenvalue weighted by Gasteiger charge is 2.16. The normalized spacial score (nSPS) is 10.5. The summed E-state index contributed by atoms with van der Waals surface area (Å²) < 4.78 is 7.29. The van der Waals surface area contributed by atoms with Crippen molar-refractivity contribution < 1.29 is 19.4 Å². The Morgan fingerprint density at radius 2 is 1.87 bits per heavy atom. The number of nitrogens with zero attached hydrogens (tertiary/aromatic N) is 3. The summed E-state index contributed by atoms with van der Waals surface area (Å²) in [6.07, 6.45) is 3.20. The van der Waals surface area contributed by atoms with E-state index < -0.39 is 0 Å². The number of hydrogen-bond donors (Lipinski definition) is 5. The lowest BCUT2D eigenvalue weighted by atomic mass is 10.1. The Kier molecular flexibility index (Phi) is 8.41. The van der Waals surface area contributed by atoms with Gasteiger partial charge in [-0.3, -0.25) is 9.59 Å². The minimum Gasteiger partial charge on any atom is -0.494 e. The van der Waals surface area contributed by atoms with E-state index in [9.17, 15) is 9.59 Å². The van der Waals surface area contributed by atoms with Crippen LogP contribution in [0.4, 0.5) is 23.1 Å². The molecule has 196 valence electrons. The van der Waals surface area contributed by atoms with E-state index in [1.807, 2.05) is 6.07 Å². The molecule has 0 fully saturated rings. The topological polar surface area (TPSA) is 142 Å². The number of anilines is 4. The molecule has 38 heavy (non-hydrogen) atoms. The zero-order valence-corrected chi connectivity index (χ0v) is 21.4. The van der Waals surface area contributed by atoms with Gasteiger partial charge in [-0.15, -0.1) is 0 Å². The number of methoxy groups -OCH3 is 1. The van der Waals surface area contributed by atoms with Gasteiger partial charge in [-0.2, -0.15) is 4.98 Å². The fourth-order valence-electron chi connectivity index (χ4n) is 3.67. The number of benzene rings is 2. The predicted molar refractivity (Wildman–Crippen MR) is 145 cm³/mol. The van der Waals surface area contributed by atoms with Crippen molar-refractivity contribution in [3.05, 3.63) is 83.3 Å². The zero-order chi connectivity index (χ0) is 27.1. The van der Waals surface area contributed by atoms with Crippen molar-refractivity contribution in [2.24, 2.45) is 0 Å². The highest BCUT2D eigenvalue weighted by Crippen LogP contribution is 2.31. The van der Waals surface area contributed by atoms with E-state index in [2.05, 4.69) is 31.2 Å². The fourth-order valence-corrected chi connectivity index (χ4v) is 3.81. The second kappa shape index (κ2) is 12.1. The molecule has 0 atom stereocenters. The van der Waals surface area contributed by atoms with Crippen LogP contribution >= 0.6 is 11.6 Å². The number of hydrogen-bond acceptors (Lipinski definition) is 8. The Balaban J connectivity index is 1.59. The maximum atomic E-state index is 12.4. The van der Waals surface area contributed by atoms with Gasteiger partial charge in [-0.25, -0.2) is 4.98 Å². The molecule has 0 saturated heterocycles. The first-order valence-electron chi connectivity index (χ1n) is 11.6. The van der Waals surface area contributed by atoms with Gasteiger partial charge in [0.1, 0.15) is 16.5 Å². The predicted octanol–water partition coefficient (Wildman–Crippen LogP) is 3.50. The van der Waals surface area contributed by atoms with Crippen LogP contribution in [0.25, 0.3) is 5.69 Å². The number of amides is 2. The lowest BCUT2D eigenvalue weighted by Crippen LogP contribution is -2.28. The number of nitrogens with one attached hydrogen (secondary N) is 4. The van der Waals surface area contributed by atoms with E-state index in [1.165, 1.54) is 13.3 Å². The average molecular weight is 536 g/mol. The highest BCUT2D eigenvalue weighted by molar-refractivity contribution is 6.33. The van der Waals surface area contributed by atoms with E-state index in [0.29, 0.717) is 39.9 Å². The van der Waals surface area contributed by atoms with E-state index in [4.69, 9.17) is 21.4 Å². The summed E-state index contributed by atoms with van der Waals surface area (Å²) in [5.74, 6) is 0.472. The first-order chi connectivity index (χ1) is 18.4. The van der Waals surface area contributed by atoms with E-state index in [0.717, 1.165) is 0 Å². The number of ether oxygens (including phenoxy) is 1. The van der Waals surface area contributed by atoms with Gasteiger partial charge in [0.25, 0.3) is 11.8 Å². The van der Waals surface area contributed by atoms with Gasteiger partial charge in [0.2, 0.25) is 5.95 Å². The van der Waals surface area contributed by atoms with Crippen LogP contribution in [0.5, 0.6) is 5.75 Å². The van der Waals surface area contributed by atoms with Crippen molar-refractivity contribution in [2.75, 3.05) is 37.9 Å². The Bertz CT molecular complexity index is 1460. The molecule has 0 spiro atoms. The minimum atomic E-state index is -0.308. The van der Waals surface area contributed by atoms with Gasteiger partial charge in [0, 0.05) is 31.5 Å². The molecule has 0 bridgehead atoms. The van der Waals surface area contributed by atoms with Gasteiger partial charge in [-0.05, 0) is 36.4 Å². The van der Waals surface area contributed by atoms with E-state index in [1.54, 1.807) is 66.3 Å². The lowest BCUT2D eigenvalue weighted by molar-refractivity contribution is 0.0936. The molecular formula is C26H26ClN7O4. The Hall–Kier alpha value is -4.61. The summed E-state index contributed by atoms with van der Waals surface area (Å²) in [5.41, 5.74) is 2.65. The molecule has 0 aliphatic rings. The molecule has 0 aliphatic carbocycles. The van der Waals surface area contributed by atoms with E-state index in [-0.39, 0.29) is 35.9 Å². The SMILES string of the molecule is CNC(=O)c1ccccc1Nc1nc(Nc2ccc(-n3cccc3C(=O)NCCO)cc2OC)ncc1Cl. The van der Waals surface area contributed by atoms with Gasteiger partial charge in [-0.1, -0.05) is 23.7 Å². The molecule has 12 heteroatoms. The summed E-state index contributed by atoms with van der Waals surface area (Å²) in [6.45, 7) is 0.0107. The number of rotatable bonds is 10. The van der Waals surface area contributed by atoms with Gasteiger partial charge in [0.15, 0.2) is 5.82 Å². The first-order valence-corrected chi connectivity index (χ1v) is 12.0. The Morgan fingerprint density at radius 1 is 1.05 bits per heavy atom. The molecule has 0 unspecified atom stereocenters. The monoisotopic (exact) mass is 535 g/mol. The van der Waals surface area contributed by atoms with Crippen LogP contribution in [-0.2, 0) is 0 Å². The van der Waals surface area contributed by atoms with Crippen LogP contribution in [0, 0.1) is 0 Å². The van der Waals surface area contributed by atoms with Crippen molar-refractivity contribution in [3.8, 4) is 11.4 Å². The maximum absolute atomic E-state index is 12.4. The van der Waals surface area contributed by atoms with Gasteiger partial charge in [0.05, 0.1) is 36.9 Å².